The van der Waals surface area contributed by atoms with E-state index >= 15 is 0 Å². The van der Waals surface area contributed by atoms with Crippen LogP contribution in [0, 0.1) is 17.6 Å². The summed E-state index contributed by atoms with van der Waals surface area (Å²) in [6.07, 6.45) is 2.25. The van der Waals surface area contributed by atoms with E-state index in [4.69, 9.17) is 5.73 Å². The van der Waals surface area contributed by atoms with E-state index in [1.165, 1.54) is 12.1 Å². The topological polar surface area (TPSA) is 29.3 Å². The van der Waals surface area contributed by atoms with Gasteiger partial charge in [-0.15, -0.1) is 0 Å². The molecule has 0 aromatic heterocycles. The molecule has 1 unspecified atom stereocenters. The second-order valence-corrected chi connectivity index (χ2v) is 5.74. The molecule has 2 nitrogen and oxygen atoms in total. The Hall–Kier alpha value is -1.00. The van der Waals surface area contributed by atoms with Crippen LogP contribution in [0.2, 0.25) is 0 Å². The maximum absolute atomic E-state index is 13.9. The standard InChI is InChI=1S/C15H22F2N2/c1-10(2)9-19(12-4-5-12)15(8-18)13-7-11(16)3-6-14(13)17/h3,6-7,10,12,15H,4-5,8-9,18H2,1-2H3. The van der Waals surface area contributed by atoms with Gasteiger partial charge in [0.25, 0.3) is 0 Å². The summed E-state index contributed by atoms with van der Waals surface area (Å²) in [6.45, 7) is 5.43. The summed E-state index contributed by atoms with van der Waals surface area (Å²) >= 11 is 0. The van der Waals surface area contributed by atoms with Gasteiger partial charge in [-0.05, 0) is 37.0 Å². The first kappa shape index (κ1) is 14.4. The molecule has 0 heterocycles. The molecule has 0 saturated heterocycles. The molecular weight excluding hydrogens is 246 g/mol. The molecule has 4 heteroatoms. The zero-order chi connectivity index (χ0) is 14.0. The molecule has 0 spiro atoms. The molecule has 0 aliphatic heterocycles. The first-order chi connectivity index (χ1) is 9.02. The highest BCUT2D eigenvalue weighted by Gasteiger charge is 2.35. The molecule has 1 atom stereocenters. The smallest absolute Gasteiger partial charge is 0.128 e. The van der Waals surface area contributed by atoms with Crippen molar-refractivity contribution in [3.8, 4) is 0 Å². The molecule has 1 aliphatic carbocycles. The van der Waals surface area contributed by atoms with Crippen LogP contribution < -0.4 is 5.73 Å². The normalized spacial score (nSPS) is 17.2. The molecule has 1 aromatic rings. The van der Waals surface area contributed by atoms with Crippen molar-refractivity contribution in [1.29, 1.82) is 0 Å². The third-order valence-electron chi connectivity index (χ3n) is 3.53. The summed E-state index contributed by atoms with van der Waals surface area (Å²) in [6, 6.07) is 3.86. The van der Waals surface area contributed by atoms with E-state index in [-0.39, 0.29) is 11.9 Å². The van der Waals surface area contributed by atoms with E-state index in [9.17, 15) is 8.78 Å². The molecule has 1 fully saturated rings. The Kier molecular flexibility index (Phi) is 4.53. The van der Waals surface area contributed by atoms with Crippen molar-refractivity contribution in [2.75, 3.05) is 13.1 Å². The SMILES string of the molecule is CC(C)CN(C1CC1)C(CN)c1cc(F)ccc1F. The van der Waals surface area contributed by atoms with Gasteiger partial charge in [-0.2, -0.15) is 0 Å². The quantitative estimate of drug-likeness (QED) is 0.859. The van der Waals surface area contributed by atoms with E-state index in [2.05, 4.69) is 18.7 Å². The molecule has 1 aliphatic rings. The number of hydrogen-bond acceptors (Lipinski definition) is 2. The third-order valence-corrected chi connectivity index (χ3v) is 3.53. The lowest BCUT2D eigenvalue weighted by Crippen LogP contribution is -2.38. The van der Waals surface area contributed by atoms with Crippen LogP contribution in [0.1, 0.15) is 38.3 Å². The fourth-order valence-electron chi connectivity index (χ4n) is 2.57. The average molecular weight is 268 g/mol. The zero-order valence-electron chi connectivity index (χ0n) is 11.6. The van der Waals surface area contributed by atoms with Gasteiger partial charge in [0, 0.05) is 24.7 Å². The Balaban J connectivity index is 2.28. The monoisotopic (exact) mass is 268 g/mol. The molecule has 0 radical (unpaired) electrons. The summed E-state index contributed by atoms with van der Waals surface area (Å²) in [5.74, 6) is -0.298. The van der Waals surface area contributed by atoms with E-state index in [0.29, 0.717) is 24.1 Å². The molecule has 19 heavy (non-hydrogen) atoms. The highest BCUT2D eigenvalue weighted by molar-refractivity contribution is 5.23. The minimum atomic E-state index is -0.407. The van der Waals surface area contributed by atoms with Crippen molar-refractivity contribution in [3.05, 3.63) is 35.4 Å². The van der Waals surface area contributed by atoms with Crippen molar-refractivity contribution in [2.45, 2.75) is 38.8 Å². The minimum absolute atomic E-state index is 0.231. The van der Waals surface area contributed by atoms with Crippen LogP contribution in [0.3, 0.4) is 0 Å². The van der Waals surface area contributed by atoms with E-state index in [1.54, 1.807) is 0 Å². The van der Waals surface area contributed by atoms with Gasteiger partial charge in [0.15, 0.2) is 0 Å². The van der Waals surface area contributed by atoms with Crippen LogP contribution in [-0.4, -0.2) is 24.0 Å². The van der Waals surface area contributed by atoms with Crippen molar-refractivity contribution in [2.24, 2.45) is 11.7 Å². The van der Waals surface area contributed by atoms with E-state index in [0.717, 1.165) is 25.5 Å². The predicted octanol–water partition coefficient (Wildman–Crippen LogP) is 3.09. The largest absolute Gasteiger partial charge is 0.329 e. The van der Waals surface area contributed by atoms with Gasteiger partial charge < -0.3 is 5.73 Å². The van der Waals surface area contributed by atoms with Gasteiger partial charge in [0.1, 0.15) is 11.6 Å². The van der Waals surface area contributed by atoms with Crippen LogP contribution >= 0.6 is 0 Å². The summed E-state index contributed by atoms with van der Waals surface area (Å²) in [4.78, 5) is 2.24. The summed E-state index contributed by atoms with van der Waals surface area (Å²) < 4.78 is 27.3. The average Bonchev–Trinajstić information content (AvgIpc) is 3.16. The maximum Gasteiger partial charge on any atom is 0.128 e. The first-order valence-corrected chi connectivity index (χ1v) is 6.93. The van der Waals surface area contributed by atoms with Gasteiger partial charge >= 0.3 is 0 Å². The lowest BCUT2D eigenvalue weighted by molar-refractivity contribution is 0.166. The van der Waals surface area contributed by atoms with Gasteiger partial charge in [0.05, 0.1) is 6.04 Å². The van der Waals surface area contributed by atoms with Crippen molar-refractivity contribution >= 4 is 0 Å². The lowest BCUT2D eigenvalue weighted by Gasteiger charge is -2.33. The maximum atomic E-state index is 13.9. The number of halogens is 2. The molecule has 0 amide bonds. The summed E-state index contributed by atoms with van der Waals surface area (Å²) in [5, 5.41) is 0. The molecule has 1 aromatic carbocycles. The lowest BCUT2D eigenvalue weighted by atomic mass is 10.0. The third kappa shape index (κ3) is 3.51. The molecule has 2 N–H and O–H groups in total. The molecule has 1 saturated carbocycles. The number of nitrogens with zero attached hydrogens (tertiary/aromatic N) is 1. The Morgan fingerprint density at radius 2 is 2.00 bits per heavy atom. The minimum Gasteiger partial charge on any atom is -0.329 e. The van der Waals surface area contributed by atoms with Crippen LogP contribution in [0.4, 0.5) is 8.78 Å². The number of nitrogens with two attached hydrogens (primary N) is 1. The number of rotatable bonds is 6. The van der Waals surface area contributed by atoms with Crippen LogP contribution in [-0.2, 0) is 0 Å². The van der Waals surface area contributed by atoms with Crippen LogP contribution in [0.25, 0.3) is 0 Å². The van der Waals surface area contributed by atoms with Gasteiger partial charge in [-0.25, -0.2) is 8.78 Å². The molecular formula is C15H22F2N2. The Morgan fingerprint density at radius 3 is 2.53 bits per heavy atom. The Bertz CT molecular complexity index is 430. The number of benzene rings is 1. The zero-order valence-corrected chi connectivity index (χ0v) is 11.6. The highest BCUT2D eigenvalue weighted by atomic mass is 19.1. The second kappa shape index (κ2) is 5.97. The molecule has 106 valence electrons. The van der Waals surface area contributed by atoms with Gasteiger partial charge in [-0.3, -0.25) is 4.90 Å². The van der Waals surface area contributed by atoms with Crippen molar-refractivity contribution in [1.82, 2.24) is 4.90 Å². The molecule has 2 rings (SSSR count). The van der Waals surface area contributed by atoms with E-state index in [1.807, 2.05) is 0 Å². The fraction of sp³-hybridized carbons (Fsp3) is 0.600. The van der Waals surface area contributed by atoms with Crippen molar-refractivity contribution < 1.29 is 8.78 Å². The van der Waals surface area contributed by atoms with Gasteiger partial charge in [0.2, 0.25) is 0 Å². The second-order valence-electron chi connectivity index (χ2n) is 5.74. The van der Waals surface area contributed by atoms with Gasteiger partial charge in [-0.1, -0.05) is 13.8 Å². The van der Waals surface area contributed by atoms with Crippen LogP contribution in [0.5, 0.6) is 0 Å². The van der Waals surface area contributed by atoms with E-state index < -0.39 is 5.82 Å². The highest BCUT2D eigenvalue weighted by Crippen LogP contribution is 2.35. The first-order valence-electron chi connectivity index (χ1n) is 6.93. The fourth-order valence-corrected chi connectivity index (χ4v) is 2.57. The predicted molar refractivity (Wildman–Crippen MR) is 72.7 cm³/mol. The molecule has 0 bridgehead atoms. The van der Waals surface area contributed by atoms with Crippen molar-refractivity contribution in [3.63, 3.8) is 0 Å². The summed E-state index contributed by atoms with van der Waals surface area (Å²) in [7, 11) is 0. The Morgan fingerprint density at radius 1 is 1.32 bits per heavy atom. The number of hydrogen-bond donors (Lipinski definition) is 1. The summed E-state index contributed by atoms with van der Waals surface area (Å²) in [5.41, 5.74) is 6.22. The van der Waals surface area contributed by atoms with Crippen LogP contribution in [0.15, 0.2) is 18.2 Å². The Labute approximate surface area is 113 Å².